The van der Waals surface area contributed by atoms with Gasteiger partial charge in [-0.05, 0) is 110 Å². The van der Waals surface area contributed by atoms with Crippen LogP contribution in [-0.2, 0) is 71.1 Å². The summed E-state index contributed by atoms with van der Waals surface area (Å²) in [4.78, 5) is 14.0. The molecular weight excluding hydrogens is 1390 g/mol. The Bertz CT molecular complexity index is 2970. The van der Waals surface area contributed by atoms with Crippen LogP contribution in [0.25, 0.3) is 0 Å². The number of rotatable bonds is 17. The fourth-order valence-electron chi connectivity index (χ4n) is 20.3. The second kappa shape index (κ2) is 30.4. The standard InChI is InChI=1S/C69H112O35/c1-24-37(75)42(80)47(85)59(94-24)99-36-18-69(63(89)90)15-14-67(8)26(27(69)16-64(36,3)4)10-11-35-66(7)17-28(72)55(65(5,6)34(66)12-13-68(35,67)9)104-62-54(49(87)51(32(20-71)97-62)100-57-46(84)40(78)30(74)22-92-57)102-58-50(88)52(33(23-93-58)98-56-45(83)39(77)29(73)21-91-56)101-61-53(44(82)41(79)31(19-70)96-61)103-60-48(86)43(81)38(76)25(2)95-60/h10,24-25,27-62,70-88H,11-23H2,1-9H3,(H,89,90)/t24-,25-,27-,28+,29-,30+,31+,32+,33+,34-,35+,36-,37-,38-,39-,40-,41+,42+,43+,44-,45+,46+,47+,48+,49-,50+,51+,52-,53+,54+,55-,56-,57-,58-,59-,60-,61-,62-,66-,67+,68+,69+/m0/s1. The van der Waals surface area contributed by atoms with Crippen LogP contribution in [0.1, 0.15) is 114 Å². The van der Waals surface area contributed by atoms with E-state index in [0.717, 1.165) is 5.57 Å². The van der Waals surface area contributed by atoms with E-state index in [-0.39, 0.29) is 24.7 Å². The highest BCUT2D eigenvalue weighted by molar-refractivity contribution is 5.77. The molecule has 0 unspecified atom stereocenters. The molecule has 20 N–H and O–H groups in total. The molecule has 0 aromatic carbocycles. The van der Waals surface area contributed by atoms with Crippen molar-refractivity contribution in [2.24, 2.45) is 50.2 Å². The highest BCUT2D eigenvalue weighted by atomic mass is 16.8. The van der Waals surface area contributed by atoms with Crippen molar-refractivity contribution in [3.63, 3.8) is 0 Å². The lowest BCUT2D eigenvalue weighted by molar-refractivity contribution is -0.407. The number of carbonyl (C=O) groups is 1. The van der Waals surface area contributed by atoms with Gasteiger partial charge in [0.1, 0.15) is 140 Å². The predicted octanol–water partition coefficient (Wildman–Crippen LogP) is -6.08. The summed E-state index contributed by atoms with van der Waals surface area (Å²) in [5.41, 5.74) is -3.58. The average molecular weight is 1500 g/mol. The summed E-state index contributed by atoms with van der Waals surface area (Å²) in [7, 11) is 0. The predicted molar refractivity (Wildman–Crippen MR) is 343 cm³/mol. The number of hydrogen-bond donors (Lipinski definition) is 20. The van der Waals surface area contributed by atoms with Crippen LogP contribution in [0.3, 0.4) is 0 Å². The van der Waals surface area contributed by atoms with Gasteiger partial charge in [0.05, 0.1) is 69.0 Å². The zero-order valence-corrected chi connectivity index (χ0v) is 59.8. The molecule has 4 saturated carbocycles. The molecule has 0 amide bonds. The number of fused-ring (bicyclic) bond motifs is 7. The van der Waals surface area contributed by atoms with Gasteiger partial charge in [-0.3, -0.25) is 4.79 Å². The minimum atomic E-state index is -2.24. The smallest absolute Gasteiger partial charge is 0.310 e. The van der Waals surface area contributed by atoms with Crippen LogP contribution in [0.4, 0.5) is 0 Å². The third kappa shape index (κ3) is 13.9. The summed E-state index contributed by atoms with van der Waals surface area (Å²) in [5, 5.41) is 223. The summed E-state index contributed by atoms with van der Waals surface area (Å²) < 4.78 is 85.9. The van der Waals surface area contributed by atoms with Crippen LogP contribution < -0.4 is 0 Å². The van der Waals surface area contributed by atoms with Crippen molar-refractivity contribution >= 4 is 5.97 Å². The van der Waals surface area contributed by atoms with E-state index in [4.69, 9.17) is 66.3 Å². The van der Waals surface area contributed by atoms with E-state index in [1.54, 1.807) is 6.92 Å². The van der Waals surface area contributed by atoms with Gasteiger partial charge in [-0.15, -0.1) is 0 Å². The Balaban J connectivity index is 0.837. The van der Waals surface area contributed by atoms with Gasteiger partial charge in [-0.2, -0.15) is 0 Å². The van der Waals surface area contributed by atoms with Crippen LogP contribution >= 0.6 is 0 Å². The zero-order valence-electron chi connectivity index (χ0n) is 59.8. The van der Waals surface area contributed by atoms with Crippen LogP contribution in [0, 0.1) is 50.2 Å². The van der Waals surface area contributed by atoms with Crippen molar-refractivity contribution in [1.29, 1.82) is 0 Å². The van der Waals surface area contributed by atoms with Crippen LogP contribution in [0.15, 0.2) is 11.6 Å². The number of ether oxygens (including phenoxy) is 14. The van der Waals surface area contributed by atoms with Crippen molar-refractivity contribution in [3.05, 3.63) is 11.6 Å². The molecule has 7 heterocycles. The highest BCUT2D eigenvalue weighted by Gasteiger charge is 2.72. The van der Waals surface area contributed by atoms with Gasteiger partial charge in [0.2, 0.25) is 0 Å². The Morgan fingerprint density at radius 1 is 0.452 bits per heavy atom. The van der Waals surface area contributed by atoms with E-state index in [1.807, 2.05) is 27.7 Å². The summed E-state index contributed by atoms with van der Waals surface area (Å²) in [5.74, 6) is -1.74. The number of aliphatic carboxylic acids is 1. The Kier molecular flexibility index (Phi) is 23.8. The number of carboxylic acid groups (broad SMARTS) is 1. The number of hydrogen-bond acceptors (Lipinski definition) is 34. The molecule has 35 heteroatoms. The fraction of sp³-hybridized carbons (Fsp3) is 0.957. The first-order chi connectivity index (χ1) is 48.7. The van der Waals surface area contributed by atoms with E-state index < -0.39 is 292 Å². The average Bonchev–Trinajstić information content (AvgIpc) is 0.673. The molecule has 7 aliphatic heterocycles. The minimum absolute atomic E-state index is 0.0874. The molecule has 42 atom stereocenters. The van der Waals surface area contributed by atoms with Crippen molar-refractivity contribution in [2.45, 2.75) is 329 Å². The largest absolute Gasteiger partial charge is 0.481 e. The number of aliphatic hydroxyl groups is 19. The Hall–Kier alpha value is -2.11. The molecule has 11 fully saturated rings. The molecule has 7 saturated heterocycles. The zero-order chi connectivity index (χ0) is 75.9. The van der Waals surface area contributed by atoms with Crippen molar-refractivity contribution in [1.82, 2.24) is 0 Å². The van der Waals surface area contributed by atoms with E-state index in [0.29, 0.717) is 38.5 Å². The second-order valence-corrected chi connectivity index (χ2v) is 33.5. The molecule has 35 nitrogen and oxygen atoms in total. The Labute approximate surface area is 600 Å². The van der Waals surface area contributed by atoms with Gasteiger partial charge >= 0.3 is 5.97 Å². The molecule has 104 heavy (non-hydrogen) atoms. The van der Waals surface area contributed by atoms with Crippen molar-refractivity contribution in [2.75, 3.05) is 33.0 Å². The van der Waals surface area contributed by atoms with Crippen molar-refractivity contribution in [3.8, 4) is 0 Å². The van der Waals surface area contributed by atoms with Crippen LogP contribution in [-0.4, -0.2) is 356 Å². The first kappa shape index (κ1) is 81.4. The molecule has 0 radical (unpaired) electrons. The lowest BCUT2D eigenvalue weighted by Crippen LogP contribution is -2.69. The topological polar surface area (TPSA) is 551 Å². The fourth-order valence-corrected chi connectivity index (χ4v) is 20.3. The van der Waals surface area contributed by atoms with Gasteiger partial charge in [-0.25, -0.2) is 0 Å². The van der Waals surface area contributed by atoms with Crippen molar-refractivity contribution < 1.29 is 173 Å². The molecule has 5 aliphatic carbocycles. The molecule has 598 valence electrons. The summed E-state index contributed by atoms with van der Waals surface area (Å²) in [6.45, 7) is 13.7. The summed E-state index contributed by atoms with van der Waals surface area (Å²) in [6.07, 6.45) is -54.4. The van der Waals surface area contributed by atoms with E-state index in [2.05, 4.69) is 26.8 Å². The van der Waals surface area contributed by atoms with Crippen LogP contribution in [0.5, 0.6) is 0 Å². The molecule has 0 spiro atoms. The van der Waals surface area contributed by atoms with Crippen LogP contribution in [0.2, 0.25) is 0 Å². The molecule has 0 aromatic rings. The number of allylic oxidation sites excluding steroid dienone is 2. The first-order valence-corrected chi connectivity index (χ1v) is 36.5. The maximum atomic E-state index is 14.0. The minimum Gasteiger partial charge on any atom is -0.481 e. The lowest BCUT2D eigenvalue weighted by Gasteiger charge is -2.72. The summed E-state index contributed by atoms with van der Waals surface area (Å²) >= 11 is 0. The van der Waals surface area contributed by atoms with E-state index >= 15 is 0 Å². The first-order valence-electron chi connectivity index (χ1n) is 36.5. The molecule has 12 aliphatic rings. The van der Waals surface area contributed by atoms with Gasteiger partial charge in [0.25, 0.3) is 0 Å². The monoisotopic (exact) mass is 1500 g/mol. The van der Waals surface area contributed by atoms with E-state index in [9.17, 15) is 107 Å². The maximum Gasteiger partial charge on any atom is 0.310 e. The Morgan fingerprint density at radius 2 is 0.952 bits per heavy atom. The third-order valence-corrected chi connectivity index (χ3v) is 26.7. The highest BCUT2D eigenvalue weighted by Crippen LogP contribution is 2.76. The van der Waals surface area contributed by atoms with E-state index in [1.165, 1.54) is 6.92 Å². The Morgan fingerprint density at radius 3 is 1.54 bits per heavy atom. The lowest BCUT2D eigenvalue weighted by atomic mass is 9.33. The van der Waals surface area contributed by atoms with Gasteiger partial charge < -0.3 is 168 Å². The number of carboxylic acids is 1. The molecule has 0 aromatic heterocycles. The third-order valence-electron chi connectivity index (χ3n) is 26.7. The quantitative estimate of drug-likeness (QED) is 0.0476. The second-order valence-electron chi connectivity index (χ2n) is 33.5. The maximum absolute atomic E-state index is 14.0. The summed E-state index contributed by atoms with van der Waals surface area (Å²) in [6, 6.07) is 0. The van der Waals surface area contributed by atoms with Gasteiger partial charge in [0.15, 0.2) is 44.0 Å². The SMILES string of the molecule is C[C@@H]1O[C@@H](O[C@H]2[C@H](O[C@@H]3[C@@H](O)[C@H](O[C@H]4[C@H](O[C@H]5[C@H](O)C[C@]6(C)[C@H]7CC=C8[C@@H]9CC(C)(C)[C@@H](O[C@@H]%10O[C@@H](C)[C@H](O)[C@@H](O)[C@H]%10O)C[C@]9(C(=O)O)CC[C@@]8(C)[C@]7(C)CC[C@H]6C5(C)C)O[C@H](CO)[C@@H](O[C@@H]5OC[C@@H](O)[C@H](O)[C@H]5O)[C@@H]4O)OC[C@H]3O[C@@H]3OC[C@H](O)[C@H](O)[C@H]3O)O[C@H](CO)[C@@H](O)[C@@H]2O)[C@H](O)[C@H](O)[C@H]1O. The molecule has 12 rings (SSSR count). The van der Waals surface area contributed by atoms with Gasteiger partial charge in [-0.1, -0.05) is 60.1 Å². The molecular formula is C69H112O35. The normalized spacial score (nSPS) is 55.4. The number of aliphatic hydroxyl groups excluding tert-OH is 19. The van der Waals surface area contributed by atoms with Gasteiger partial charge in [0, 0.05) is 0 Å². The molecule has 0 bridgehead atoms.